The number of aryl methyl sites for hydroxylation is 2. The molecule has 27 heavy (non-hydrogen) atoms. The number of nitrogens with zero attached hydrogens (tertiary/aromatic N) is 2. The van der Waals surface area contributed by atoms with Crippen molar-refractivity contribution in [3.05, 3.63) is 65.1 Å². The lowest BCUT2D eigenvalue weighted by atomic mass is 10.1. The number of benzene rings is 1. The molecule has 0 unspecified atom stereocenters. The van der Waals surface area contributed by atoms with E-state index in [2.05, 4.69) is 71.8 Å². The minimum atomic E-state index is 0.756. The molecule has 1 aromatic carbocycles. The van der Waals surface area contributed by atoms with Crippen molar-refractivity contribution in [2.24, 2.45) is 4.99 Å². The van der Waals surface area contributed by atoms with Crippen LogP contribution >= 0.6 is 0 Å². The number of aliphatic imine (C=N–C) groups is 1. The SMILES string of the molecule is CCNC(=NCCc1ccncc1C)NCCc1c[nH]c2cc(C)ccc12. The van der Waals surface area contributed by atoms with E-state index >= 15 is 0 Å². The summed E-state index contributed by atoms with van der Waals surface area (Å²) in [5.41, 5.74) is 6.35. The Balaban J connectivity index is 1.55. The molecule has 5 nitrogen and oxygen atoms in total. The Hall–Kier alpha value is -2.82. The van der Waals surface area contributed by atoms with Crippen LogP contribution in [0.2, 0.25) is 0 Å². The summed E-state index contributed by atoms with van der Waals surface area (Å²) in [5, 5.41) is 8.08. The Morgan fingerprint density at radius 3 is 2.81 bits per heavy atom. The number of hydrogen-bond acceptors (Lipinski definition) is 2. The minimum Gasteiger partial charge on any atom is -0.361 e. The smallest absolute Gasteiger partial charge is 0.191 e. The molecule has 0 fully saturated rings. The van der Waals surface area contributed by atoms with Crippen molar-refractivity contribution in [1.29, 1.82) is 0 Å². The lowest BCUT2D eigenvalue weighted by Gasteiger charge is -2.11. The monoisotopic (exact) mass is 363 g/mol. The van der Waals surface area contributed by atoms with Crippen molar-refractivity contribution < 1.29 is 0 Å². The Morgan fingerprint density at radius 1 is 1.11 bits per heavy atom. The van der Waals surface area contributed by atoms with Gasteiger partial charge in [-0.3, -0.25) is 9.98 Å². The van der Waals surface area contributed by atoms with E-state index in [1.165, 1.54) is 33.2 Å². The summed E-state index contributed by atoms with van der Waals surface area (Å²) >= 11 is 0. The predicted octanol–water partition coefficient (Wildman–Crippen LogP) is 3.52. The number of pyridine rings is 1. The van der Waals surface area contributed by atoms with Crippen LogP contribution in [0.25, 0.3) is 10.9 Å². The molecule has 0 saturated carbocycles. The standard InChI is InChI=1S/C22H29N5/c1-4-24-22(25-11-8-18-7-10-23-14-17(18)3)26-12-9-19-15-27-21-13-16(2)5-6-20(19)21/h5-7,10,13-15,27H,4,8-9,11-12H2,1-3H3,(H2,24,25,26). The van der Waals surface area contributed by atoms with E-state index in [0.717, 1.165) is 38.4 Å². The molecule has 3 aromatic rings. The summed E-state index contributed by atoms with van der Waals surface area (Å²) in [4.78, 5) is 12.2. The Kier molecular flexibility index (Phi) is 6.47. The van der Waals surface area contributed by atoms with Crippen LogP contribution in [0.3, 0.4) is 0 Å². The van der Waals surface area contributed by atoms with E-state index < -0.39 is 0 Å². The molecule has 142 valence electrons. The van der Waals surface area contributed by atoms with Crippen LogP contribution in [0.4, 0.5) is 0 Å². The van der Waals surface area contributed by atoms with Gasteiger partial charge in [0.2, 0.25) is 0 Å². The summed E-state index contributed by atoms with van der Waals surface area (Å²) in [5.74, 6) is 0.875. The maximum absolute atomic E-state index is 4.71. The highest BCUT2D eigenvalue weighted by Crippen LogP contribution is 2.19. The maximum Gasteiger partial charge on any atom is 0.191 e. The number of hydrogen-bond donors (Lipinski definition) is 3. The first kappa shape index (κ1) is 19.0. The molecular formula is C22H29N5. The fourth-order valence-electron chi connectivity index (χ4n) is 3.24. The number of fused-ring (bicyclic) bond motifs is 1. The van der Waals surface area contributed by atoms with E-state index in [1.54, 1.807) is 0 Å². The van der Waals surface area contributed by atoms with Gasteiger partial charge in [-0.25, -0.2) is 0 Å². The van der Waals surface area contributed by atoms with E-state index in [1.807, 2.05) is 12.4 Å². The molecule has 0 amide bonds. The zero-order valence-electron chi connectivity index (χ0n) is 16.5. The first-order chi connectivity index (χ1) is 13.2. The van der Waals surface area contributed by atoms with E-state index in [-0.39, 0.29) is 0 Å². The van der Waals surface area contributed by atoms with Gasteiger partial charge in [0.15, 0.2) is 5.96 Å². The lowest BCUT2D eigenvalue weighted by Crippen LogP contribution is -2.38. The van der Waals surface area contributed by atoms with E-state index in [9.17, 15) is 0 Å². The Morgan fingerprint density at radius 2 is 2.00 bits per heavy atom. The van der Waals surface area contributed by atoms with Gasteiger partial charge in [0.05, 0.1) is 0 Å². The van der Waals surface area contributed by atoms with Crippen molar-refractivity contribution in [3.63, 3.8) is 0 Å². The summed E-state index contributed by atoms with van der Waals surface area (Å²) in [6.45, 7) is 8.76. The van der Waals surface area contributed by atoms with E-state index in [4.69, 9.17) is 4.99 Å². The zero-order valence-corrected chi connectivity index (χ0v) is 16.5. The first-order valence-corrected chi connectivity index (χ1v) is 9.65. The third-order valence-corrected chi connectivity index (χ3v) is 4.74. The van der Waals surface area contributed by atoms with Crippen LogP contribution in [0, 0.1) is 13.8 Å². The van der Waals surface area contributed by atoms with Crippen molar-refractivity contribution in [2.75, 3.05) is 19.6 Å². The van der Waals surface area contributed by atoms with Gasteiger partial charge in [-0.15, -0.1) is 0 Å². The van der Waals surface area contributed by atoms with Gasteiger partial charge in [0.25, 0.3) is 0 Å². The molecule has 0 aliphatic rings. The molecule has 0 aliphatic carbocycles. The van der Waals surface area contributed by atoms with Gasteiger partial charge in [0, 0.05) is 49.1 Å². The zero-order chi connectivity index (χ0) is 19.1. The largest absolute Gasteiger partial charge is 0.361 e. The second-order valence-electron chi connectivity index (χ2n) is 6.85. The summed E-state index contributed by atoms with van der Waals surface area (Å²) in [6.07, 6.45) is 7.75. The number of aromatic amines is 1. The average Bonchev–Trinajstić information content (AvgIpc) is 3.05. The predicted molar refractivity (Wildman–Crippen MR) is 113 cm³/mol. The Bertz CT molecular complexity index is 910. The van der Waals surface area contributed by atoms with Crippen LogP contribution in [0.5, 0.6) is 0 Å². The van der Waals surface area contributed by atoms with E-state index in [0.29, 0.717) is 0 Å². The summed E-state index contributed by atoms with van der Waals surface area (Å²) in [7, 11) is 0. The lowest BCUT2D eigenvalue weighted by molar-refractivity contribution is 0.798. The maximum atomic E-state index is 4.71. The quantitative estimate of drug-likeness (QED) is 0.444. The van der Waals surface area contributed by atoms with Crippen molar-refractivity contribution in [1.82, 2.24) is 20.6 Å². The third kappa shape index (κ3) is 5.09. The number of H-pyrrole nitrogens is 1. The van der Waals surface area contributed by atoms with Crippen LogP contribution < -0.4 is 10.6 Å². The van der Waals surface area contributed by atoms with Gasteiger partial charge in [-0.2, -0.15) is 0 Å². The van der Waals surface area contributed by atoms with Gasteiger partial charge >= 0.3 is 0 Å². The molecular weight excluding hydrogens is 334 g/mol. The first-order valence-electron chi connectivity index (χ1n) is 9.65. The highest BCUT2D eigenvalue weighted by Gasteiger charge is 2.04. The molecule has 0 radical (unpaired) electrons. The topological polar surface area (TPSA) is 65.1 Å². The van der Waals surface area contributed by atoms with Gasteiger partial charge in [-0.1, -0.05) is 12.1 Å². The second kappa shape index (κ2) is 9.21. The third-order valence-electron chi connectivity index (χ3n) is 4.74. The second-order valence-corrected chi connectivity index (χ2v) is 6.85. The van der Waals surface area contributed by atoms with Crippen LogP contribution in [-0.4, -0.2) is 35.6 Å². The average molecular weight is 364 g/mol. The molecule has 0 saturated heterocycles. The van der Waals surface area contributed by atoms with Gasteiger partial charge in [-0.05, 0) is 68.0 Å². The van der Waals surface area contributed by atoms with Crippen molar-refractivity contribution in [3.8, 4) is 0 Å². The summed E-state index contributed by atoms with van der Waals surface area (Å²) in [6, 6.07) is 8.63. The van der Waals surface area contributed by atoms with Crippen LogP contribution in [0.15, 0.2) is 47.8 Å². The molecule has 5 heteroatoms. The normalized spacial score (nSPS) is 11.7. The fourth-order valence-corrected chi connectivity index (χ4v) is 3.24. The molecule has 2 heterocycles. The minimum absolute atomic E-state index is 0.756. The molecule has 0 atom stereocenters. The molecule has 0 spiro atoms. The molecule has 0 aliphatic heterocycles. The number of rotatable bonds is 7. The Labute approximate surface area is 161 Å². The van der Waals surface area contributed by atoms with Crippen LogP contribution in [0.1, 0.15) is 29.2 Å². The molecule has 3 N–H and O–H groups in total. The van der Waals surface area contributed by atoms with Crippen molar-refractivity contribution in [2.45, 2.75) is 33.6 Å². The number of guanidine groups is 1. The number of nitrogens with one attached hydrogen (secondary N) is 3. The highest BCUT2D eigenvalue weighted by molar-refractivity contribution is 5.84. The summed E-state index contributed by atoms with van der Waals surface area (Å²) < 4.78 is 0. The van der Waals surface area contributed by atoms with Crippen molar-refractivity contribution >= 4 is 16.9 Å². The fraction of sp³-hybridized carbons (Fsp3) is 0.364. The molecule has 2 aromatic heterocycles. The van der Waals surface area contributed by atoms with Gasteiger partial charge in [0.1, 0.15) is 0 Å². The molecule has 0 bridgehead atoms. The van der Waals surface area contributed by atoms with Crippen LogP contribution in [-0.2, 0) is 12.8 Å². The number of aromatic nitrogens is 2. The highest BCUT2D eigenvalue weighted by atomic mass is 15.2. The van der Waals surface area contributed by atoms with Gasteiger partial charge < -0.3 is 15.6 Å². The molecule has 3 rings (SSSR count).